The lowest BCUT2D eigenvalue weighted by molar-refractivity contribution is -0.123. The first kappa shape index (κ1) is 6.97. The Hall–Kier alpha value is -1.71. The van der Waals surface area contributed by atoms with E-state index < -0.39 is 11.8 Å². The van der Waals surface area contributed by atoms with Crippen molar-refractivity contribution in [3.8, 4) is 0 Å². The first-order valence-corrected chi connectivity index (χ1v) is 3.54. The van der Waals surface area contributed by atoms with Gasteiger partial charge in [-0.05, 0) is 0 Å². The second kappa shape index (κ2) is 2.14. The van der Waals surface area contributed by atoms with E-state index in [9.17, 15) is 9.59 Å². The topological polar surface area (TPSA) is 70.0 Å². The summed E-state index contributed by atoms with van der Waals surface area (Å²) in [6, 6.07) is 0. The summed E-state index contributed by atoms with van der Waals surface area (Å²) in [6.07, 6.45) is 3.73. The molecule has 0 bridgehead atoms. The van der Waals surface area contributed by atoms with Crippen LogP contribution in [0.2, 0.25) is 0 Å². The fraction of sp³-hybridized carbons (Fsp3) is 0.125. The summed E-state index contributed by atoms with van der Waals surface area (Å²) in [5, 5.41) is 9.56. The van der Waals surface area contributed by atoms with Crippen molar-refractivity contribution < 1.29 is 9.59 Å². The fourth-order valence-electron chi connectivity index (χ4n) is 1.32. The van der Waals surface area contributed by atoms with E-state index in [-0.39, 0.29) is 11.3 Å². The van der Waals surface area contributed by atoms with Gasteiger partial charge in [-0.1, -0.05) is 12.2 Å². The van der Waals surface area contributed by atoms with Gasteiger partial charge in [0.25, 0.3) is 11.8 Å². The number of hydrogen-bond donors (Lipinski definition) is 2. The monoisotopic (exact) mass is 162 g/mol. The maximum atomic E-state index is 11.1. The summed E-state index contributed by atoms with van der Waals surface area (Å²) in [6.45, 7) is 0. The van der Waals surface area contributed by atoms with Crippen molar-refractivity contribution in [1.29, 1.82) is 5.41 Å². The summed E-state index contributed by atoms with van der Waals surface area (Å²) >= 11 is 0. The third kappa shape index (κ3) is 0.747. The van der Waals surface area contributed by atoms with Crippen molar-refractivity contribution in [1.82, 2.24) is 5.32 Å². The number of carbonyl (C=O) groups excluding carboxylic acids is 2. The van der Waals surface area contributed by atoms with E-state index in [1.807, 2.05) is 0 Å². The Balaban J connectivity index is 2.59. The van der Waals surface area contributed by atoms with Crippen molar-refractivity contribution in [2.75, 3.05) is 0 Å². The van der Waals surface area contributed by atoms with Crippen LogP contribution in [0.3, 0.4) is 0 Å². The number of hydrogen-bond acceptors (Lipinski definition) is 3. The Labute approximate surface area is 68.5 Å². The van der Waals surface area contributed by atoms with Crippen LogP contribution in [0.15, 0.2) is 23.3 Å². The molecular weight excluding hydrogens is 156 g/mol. The van der Waals surface area contributed by atoms with Gasteiger partial charge >= 0.3 is 0 Å². The number of carbonyl (C=O) groups is 2. The van der Waals surface area contributed by atoms with Crippen LogP contribution in [-0.4, -0.2) is 17.5 Å². The van der Waals surface area contributed by atoms with E-state index >= 15 is 0 Å². The number of allylic oxidation sites excluding steroid dienone is 1. The number of rotatable bonds is 0. The van der Waals surface area contributed by atoms with E-state index in [2.05, 4.69) is 5.32 Å². The van der Waals surface area contributed by atoms with Crippen LogP contribution in [0, 0.1) is 5.41 Å². The smallest absolute Gasteiger partial charge is 0.260 e. The highest BCUT2D eigenvalue weighted by Gasteiger charge is 2.32. The number of nitrogens with one attached hydrogen (secondary N) is 2. The molecule has 0 saturated carbocycles. The van der Waals surface area contributed by atoms with Gasteiger partial charge in [0.15, 0.2) is 0 Å². The van der Waals surface area contributed by atoms with Crippen molar-refractivity contribution >= 4 is 17.5 Å². The largest absolute Gasteiger partial charge is 0.304 e. The first-order valence-electron chi connectivity index (χ1n) is 3.54. The minimum absolute atomic E-state index is 0.218. The Bertz CT molecular complexity index is 353. The molecule has 0 atom stereocenters. The Morgan fingerprint density at radius 2 is 2.08 bits per heavy atom. The minimum atomic E-state index is -0.440. The van der Waals surface area contributed by atoms with E-state index in [0.29, 0.717) is 12.0 Å². The average Bonchev–Trinajstić information content (AvgIpc) is 2.29. The Morgan fingerprint density at radius 1 is 1.33 bits per heavy atom. The highest BCUT2D eigenvalue weighted by Crippen LogP contribution is 2.20. The van der Waals surface area contributed by atoms with E-state index in [4.69, 9.17) is 5.41 Å². The van der Waals surface area contributed by atoms with Gasteiger partial charge in [-0.3, -0.25) is 14.9 Å². The van der Waals surface area contributed by atoms with Gasteiger partial charge in [-0.25, -0.2) is 0 Å². The molecule has 0 aromatic heterocycles. The van der Waals surface area contributed by atoms with Gasteiger partial charge in [0.1, 0.15) is 0 Å². The van der Waals surface area contributed by atoms with Gasteiger partial charge in [0, 0.05) is 12.1 Å². The summed E-state index contributed by atoms with van der Waals surface area (Å²) in [5.74, 6) is -0.833. The molecule has 2 amide bonds. The summed E-state index contributed by atoms with van der Waals surface area (Å²) < 4.78 is 0. The van der Waals surface area contributed by atoms with E-state index in [1.165, 1.54) is 0 Å². The third-order valence-corrected chi connectivity index (χ3v) is 1.88. The first-order chi connectivity index (χ1) is 5.70. The van der Waals surface area contributed by atoms with Gasteiger partial charge < -0.3 is 5.41 Å². The van der Waals surface area contributed by atoms with Crippen molar-refractivity contribution in [3.63, 3.8) is 0 Å². The quantitative estimate of drug-likeness (QED) is 0.489. The molecule has 1 aliphatic carbocycles. The van der Waals surface area contributed by atoms with E-state index in [1.54, 1.807) is 12.2 Å². The molecule has 2 N–H and O–H groups in total. The summed E-state index contributed by atoms with van der Waals surface area (Å²) in [4.78, 5) is 22.1. The lowest BCUT2D eigenvalue weighted by Crippen LogP contribution is -2.24. The molecule has 2 rings (SSSR count). The second-order valence-electron chi connectivity index (χ2n) is 2.66. The molecule has 0 spiro atoms. The molecule has 0 aromatic carbocycles. The SMILES string of the molecule is N=C1CC=CC2=C1C(=O)NC2=O. The average molecular weight is 162 g/mol. The number of amides is 2. The van der Waals surface area contributed by atoms with Crippen LogP contribution < -0.4 is 5.32 Å². The molecule has 4 nitrogen and oxygen atoms in total. The summed E-state index contributed by atoms with van der Waals surface area (Å²) in [5.41, 5.74) is 0.787. The van der Waals surface area contributed by atoms with Gasteiger partial charge in [0.2, 0.25) is 0 Å². The maximum Gasteiger partial charge on any atom is 0.260 e. The second-order valence-corrected chi connectivity index (χ2v) is 2.66. The molecule has 0 saturated heterocycles. The zero-order valence-electron chi connectivity index (χ0n) is 6.18. The highest BCUT2D eigenvalue weighted by molar-refractivity contribution is 6.34. The van der Waals surface area contributed by atoms with Gasteiger partial charge in [-0.15, -0.1) is 0 Å². The van der Waals surface area contributed by atoms with Crippen LogP contribution in [0.1, 0.15) is 6.42 Å². The Kier molecular flexibility index (Phi) is 1.24. The highest BCUT2D eigenvalue weighted by atomic mass is 16.2. The molecule has 0 unspecified atom stereocenters. The van der Waals surface area contributed by atoms with Crippen LogP contribution in [-0.2, 0) is 9.59 Å². The molecule has 0 aromatic rings. The van der Waals surface area contributed by atoms with Crippen LogP contribution in [0.4, 0.5) is 0 Å². The van der Waals surface area contributed by atoms with Crippen LogP contribution in [0.5, 0.6) is 0 Å². The zero-order valence-corrected chi connectivity index (χ0v) is 6.18. The lowest BCUT2D eigenvalue weighted by atomic mass is 9.98. The van der Waals surface area contributed by atoms with Crippen LogP contribution in [0.25, 0.3) is 0 Å². The lowest BCUT2D eigenvalue weighted by Gasteiger charge is -2.04. The molecule has 0 radical (unpaired) electrons. The predicted octanol–water partition coefficient (Wildman–Crippen LogP) is -0.0809. The predicted molar refractivity (Wildman–Crippen MR) is 41.7 cm³/mol. The molecule has 1 aliphatic heterocycles. The van der Waals surface area contributed by atoms with Gasteiger partial charge in [0.05, 0.1) is 11.1 Å². The fourth-order valence-corrected chi connectivity index (χ4v) is 1.32. The molecule has 1 heterocycles. The van der Waals surface area contributed by atoms with Crippen molar-refractivity contribution in [2.24, 2.45) is 0 Å². The van der Waals surface area contributed by atoms with E-state index in [0.717, 1.165) is 0 Å². The standard InChI is InChI=1S/C8H6N2O2/c9-5-3-1-2-4-6(5)8(12)10-7(4)11/h1-2,9H,3H2,(H,10,11,12). The Morgan fingerprint density at radius 3 is 2.75 bits per heavy atom. The van der Waals surface area contributed by atoms with Crippen LogP contribution >= 0.6 is 0 Å². The molecule has 4 heteroatoms. The normalized spacial score (nSPS) is 21.5. The third-order valence-electron chi connectivity index (χ3n) is 1.88. The minimum Gasteiger partial charge on any atom is -0.304 e. The maximum absolute atomic E-state index is 11.1. The number of imide groups is 1. The molecule has 0 fully saturated rings. The summed E-state index contributed by atoms with van der Waals surface area (Å²) in [7, 11) is 0. The van der Waals surface area contributed by atoms with Crippen molar-refractivity contribution in [2.45, 2.75) is 6.42 Å². The molecular formula is C8H6N2O2. The molecule has 12 heavy (non-hydrogen) atoms. The molecule has 60 valence electrons. The zero-order chi connectivity index (χ0) is 8.72. The van der Waals surface area contributed by atoms with Gasteiger partial charge in [-0.2, -0.15) is 0 Å². The van der Waals surface area contributed by atoms with Crippen molar-refractivity contribution in [3.05, 3.63) is 23.3 Å². The molecule has 2 aliphatic rings.